The number of pyridine rings is 1. The molecule has 1 aromatic heterocycles. The first-order valence-electron chi connectivity index (χ1n) is 7.27. The summed E-state index contributed by atoms with van der Waals surface area (Å²) in [6.45, 7) is 6.92. The van der Waals surface area contributed by atoms with Gasteiger partial charge in [0, 0.05) is 18.0 Å². The average Bonchev–Trinajstić information content (AvgIpc) is 2.39. The van der Waals surface area contributed by atoms with Crippen molar-refractivity contribution in [3.05, 3.63) is 24.0 Å². The van der Waals surface area contributed by atoms with Crippen molar-refractivity contribution in [2.75, 3.05) is 0 Å². The number of nitrogens with zero attached hydrogens (tertiary/aromatic N) is 1. The topological polar surface area (TPSA) is 22.1 Å². The second-order valence-corrected chi connectivity index (χ2v) is 6.37. The van der Waals surface area contributed by atoms with Crippen LogP contribution in [-0.4, -0.2) is 11.1 Å². The fraction of sp³-hybridized carbons (Fsp3) is 0.688. The van der Waals surface area contributed by atoms with Gasteiger partial charge in [-0.25, -0.2) is 0 Å². The van der Waals surface area contributed by atoms with E-state index in [4.69, 9.17) is 16.3 Å². The molecule has 0 spiro atoms. The molecule has 0 saturated heterocycles. The maximum Gasteiger partial charge on any atom is 0.127 e. The molecule has 2 rings (SSSR count). The van der Waals surface area contributed by atoms with E-state index in [9.17, 15) is 0 Å². The van der Waals surface area contributed by atoms with Crippen LogP contribution < -0.4 is 4.74 Å². The summed E-state index contributed by atoms with van der Waals surface area (Å²) < 4.78 is 6.30. The maximum atomic E-state index is 6.30. The number of ether oxygens (including phenoxy) is 1. The van der Waals surface area contributed by atoms with Crippen molar-refractivity contribution in [3.8, 4) is 5.75 Å². The number of alkyl halides is 1. The average molecular weight is 282 g/mol. The number of aromatic nitrogens is 1. The Bertz CT molecular complexity index is 407. The molecule has 3 atom stereocenters. The highest BCUT2D eigenvalue weighted by Crippen LogP contribution is 2.36. The molecule has 106 valence electrons. The van der Waals surface area contributed by atoms with E-state index in [2.05, 4.69) is 25.8 Å². The monoisotopic (exact) mass is 281 g/mol. The minimum atomic E-state index is 0.313. The zero-order valence-electron chi connectivity index (χ0n) is 12.1. The minimum Gasteiger partial charge on any atom is -0.490 e. The lowest BCUT2D eigenvalue weighted by Gasteiger charge is -2.37. The van der Waals surface area contributed by atoms with E-state index < -0.39 is 0 Å². The van der Waals surface area contributed by atoms with Crippen LogP contribution in [-0.2, 0) is 5.88 Å². The van der Waals surface area contributed by atoms with Crippen LogP contribution in [0.25, 0.3) is 0 Å². The molecular formula is C16H24ClNO. The Balaban J connectivity index is 2.14. The van der Waals surface area contributed by atoms with E-state index >= 15 is 0 Å². The van der Waals surface area contributed by atoms with E-state index in [-0.39, 0.29) is 0 Å². The van der Waals surface area contributed by atoms with Gasteiger partial charge in [-0.3, -0.25) is 4.98 Å². The first-order valence-corrected chi connectivity index (χ1v) is 7.80. The van der Waals surface area contributed by atoms with Crippen molar-refractivity contribution < 1.29 is 4.74 Å². The molecule has 1 fully saturated rings. The van der Waals surface area contributed by atoms with Crippen molar-refractivity contribution in [1.82, 2.24) is 4.98 Å². The van der Waals surface area contributed by atoms with Crippen molar-refractivity contribution in [3.63, 3.8) is 0 Å². The fourth-order valence-electron chi connectivity index (χ4n) is 3.04. The van der Waals surface area contributed by atoms with Gasteiger partial charge in [0.1, 0.15) is 11.9 Å². The lowest BCUT2D eigenvalue weighted by molar-refractivity contribution is 0.0454. The highest BCUT2D eigenvalue weighted by Gasteiger charge is 2.32. The van der Waals surface area contributed by atoms with Crippen LogP contribution in [0, 0.1) is 17.8 Å². The maximum absolute atomic E-state index is 6.30. The van der Waals surface area contributed by atoms with Crippen molar-refractivity contribution >= 4 is 11.6 Å². The lowest BCUT2D eigenvalue weighted by atomic mass is 9.75. The van der Waals surface area contributed by atoms with Gasteiger partial charge in [0.2, 0.25) is 0 Å². The van der Waals surface area contributed by atoms with E-state index in [1.165, 1.54) is 12.8 Å². The van der Waals surface area contributed by atoms with Crippen LogP contribution in [0.4, 0.5) is 0 Å². The molecule has 0 N–H and O–H groups in total. The summed E-state index contributed by atoms with van der Waals surface area (Å²) in [4.78, 5) is 4.11. The van der Waals surface area contributed by atoms with Gasteiger partial charge in [0.15, 0.2) is 0 Å². The summed E-state index contributed by atoms with van der Waals surface area (Å²) >= 11 is 5.96. The van der Waals surface area contributed by atoms with E-state index in [1.807, 2.05) is 6.07 Å². The molecule has 1 saturated carbocycles. The van der Waals surface area contributed by atoms with Gasteiger partial charge in [0.25, 0.3) is 0 Å². The molecule has 1 aromatic rings. The Morgan fingerprint density at radius 2 is 2.21 bits per heavy atom. The smallest absolute Gasteiger partial charge is 0.127 e. The third-order valence-corrected chi connectivity index (χ3v) is 4.53. The van der Waals surface area contributed by atoms with Gasteiger partial charge in [-0.1, -0.05) is 27.2 Å². The number of hydrogen-bond donors (Lipinski definition) is 0. The highest BCUT2D eigenvalue weighted by molar-refractivity contribution is 6.17. The molecule has 19 heavy (non-hydrogen) atoms. The first-order chi connectivity index (χ1) is 9.11. The Hall–Kier alpha value is -0.760. The molecule has 3 heteroatoms. The summed E-state index contributed by atoms with van der Waals surface area (Å²) in [5, 5.41) is 0. The summed E-state index contributed by atoms with van der Waals surface area (Å²) in [5.74, 6) is 3.43. The lowest BCUT2D eigenvalue weighted by Crippen LogP contribution is -2.36. The molecule has 2 nitrogen and oxygen atoms in total. The van der Waals surface area contributed by atoms with Crippen LogP contribution >= 0.6 is 11.6 Å². The molecule has 3 unspecified atom stereocenters. The van der Waals surface area contributed by atoms with Crippen molar-refractivity contribution in [1.29, 1.82) is 0 Å². The predicted octanol–water partition coefficient (Wildman–Crippen LogP) is 4.66. The predicted molar refractivity (Wildman–Crippen MR) is 79.6 cm³/mol. The molecule has 0 radical (unpaired) electrons. The zero-order chi connectivity index (χ0) is 13.8. The standard InChI is InChI=1S/C16H24ClNO/c1-11(2)14-5-4-12(3)8-16(14)19-15-6-7-18-10-13(15)9-17/h6-7,10-12,14,16H,4-5,8-9H2,1-3H3. The molecule has 0 bridgehead atoms. The van der Waals surface area contributed by atoms with Crippen LogP contribution in [0.5, 0.6) is 5.75 Å². The van der Waals surface area contributed by atoms with E-state index in [0.717, 1.165) is 23.7 Å². The normalized spacial score (nSPS) is 27.5. The largest absolute Gasteiger partial charge is 0.490 e. The van der Waals surface area contributed by atoms with E-state index in [0.29, 0.717) is 23.8 Å². The molecular weight excluding hydrogens is 258 g/mol. The summed E-state index contributed by atoms with van der Waals surface area (Å²) in [6, 6.07) is 1.94. The number of halogens is 1. The molecule has 0 aromatic carbocycles. The van der Waals surface area contributed by atoms with Crippen molar-refractivity contribution in [2.24, 2.45) is 17.8 Å². The van der Waals surface area contributed by atoms with Crippen LogP contribution in [0.1, 0.15) is 45.6 Å². The summed E-state index contributed by atoms with van der Waals surface area (Å²) in [5.41, 5.74) is 0.991. The van der Waals surface area contributed by atoms with Gasteiger partial charge in [-0.2, -0.15) is 0 Å². The van der Waals surface area contributed by atoms with Gasteiger partial charge in [-0.15, -0.1) is 11.6 Å². The number of hydrogen-bond acceptors (Lipinski definition) is 2. The van der Waals surface area contributed by atoms with Crippen LogP contribution in [0.15, 0.2) is 18.5 Å². The second-order valence-electron chi connectivity index (χ2n) is 6.10. The summed E-state index contributed by atoms with van der Waals surface area (Å²) in [7, 11) is 0. The third kappa shape index (κ3) is 3.62. The molecule has 1 aliphatic rings. The zero-order valence-corrected chi connectivity index (χ0v) is 12.9. The summed E-state index contributed by atoms with van der Waals surface area (Å²) in [6.07, 6.45) is 7.63. The molecule has 1 heterocycles. The molecule has 1 aliphatic carbocycles. The van der Waals surface area contributed by atoms with Crippen LogP contribution in [0.3, 0.4) is 0 Å². The SMILES string of the molecule is CC1CCC(C(C)C)C(Oc2ccncc2CCl)C1. The Morgan fingerprint density at radius 1 is 1.42 bits per heavy atom. The minimum absolute atomic E-state index is 0.313. The van der Waals surface area contributed by atoms with Gasteiger partial charge >= 0.3 is 0 Å². The van der Waals surface area contributed by atoms with Gasteiger partial charge in [-0.05, 0) is 36.7 Å². The van der Waals surface area contributed by atoms with E-state index in [1.54, 1.807) is 12.4 Å². The first kappa shape index (κ1) is 14.6. The number of rotatable bonds is 4. The highest BCUT2D eigenvalue weighted by atomic mass is 35.5. The third-order valence-electron chi connectivity index (χ3n) is 4.24. The Labute approximate surface area is 121 Å². The van der Waals surface area contributed by atoms with Crippen molar-refractivity contribution in [2.45, 2.75) is 52.0 Å². The van der Waals surface area contributed by atoms with Gasteiger partial charge < -0.3 is 4.74 Å². The Morgan fingerprint density at radius 3 is 2.89 bits per heavy atom. The van der Waals surface area contributed by atoms with Crippen LogP contribution in [0.2, 0.25) is 0 Å². The Kier molecular flexibility index (Phi) is 5.09. The molecule has 0 amide bonds. The second kappa shape index (κ2) is 6.60. The fourth-order valence-corrected chi connectivity index (χ4v) is 3.24. The molecule has 0 aliphatic heterocycles. The van der Waals surface area contributed by atoms with Gasteiger partial charge in [0.05, 0.1) is 5.88 Å². The quantitative estimate of drug-likeness (QED) is 0.749.